The number of rotatable bonds is 2. The maximum absolute atomic E-state index is 9.36. The second-order valence-corrected chi connectivity index (χ2v) is 5.30. The molecule has 2 aromatic rings. The van der Waals surface area contributed by atoms with Gasteiger partial charge in [-0.2, -0.15) is 5.26 Å². The molecule has 0 radical (unpaired) electrons. The molecule has 1 saturated heterocycles. The van der Waals surface area contributed by atoms with E-state index >= 15 is 0 Å². The molecule has 0 amide bonds. The lowest BCUT2D eigenvalue weighted by molar-refractivity contribution is -0.0420. The van der Waals surface area contributed by atoms with Gasteiger partial charge in [-0.25, -0.2) is 0 Å². The lowest BCUT2D eigenvalue weighted by Crippen LogP contribution is -2.48. The predicted molar refractivity (Wildman–Crippen MR) is 80.1 cm³/mol. The fourth-order valence-corrected chi connectivity index (χ4v) is 2.87. The number of benzene rings is 1. The van der Waals surface area contributed by atoms with Crippen LogP contribution < -0.4 is 4.90 Å². The van der Waals surface area contributed by atoms with Gasteiger partial charge in [-0.3, -0.25) is 4.98 Å². The fraction of sp³-hybridized carbons (Fsp3) is 0.375. The Morgan fingerprint density at radius 3 is 3.05 bits per heavy atom. The van der Waals surface area contributed by atoms with Gasteiger partial charge in [-0.1, -0.05) is 0 Å². The molecule has 0 spiro atoms. The number of nitriles is 1. The standard InChI is InChI=1S/C16H17N3O2/c1-11-8-19(9-13(10-20)21-11)15-5-4-12(7-17)16-14(15)3-2-6-18-16/h2-6,11,13,20H,8-10H2,1H3. The number of ether oxygens (including phenoxy) is 1. The minimum absolute atomic E-state index is 0.00724. The molecule has 0 saturated carbocycles. The van der Waals surface area contributed by atoms with Gasteiger partial charge >= 0.3 is 0 Å². The normalized spacial score (nSPS) is 22.2. The van der Waals surface area contributed by atoms with Crippen LogP contribution in [-0.4, -0.2) is 42.0 Å². The first-order valence-electron chi connectivity index (χ1n) is 7.02. The van der Waals surface area contributed by atoms with E-state index in [2.05, 4.69) is 16.0 Å². The molecule has 108 valence electrons. The van der Waals surface area contributed by atoms with Crippen LogP contribution in [0, 0.1) is 11.3 Å². The molecule has 1 aliphatic heterocycles. The van der Waals surface area contributed by atoms with E-state index in [0.717, 1.165) is 23.1 Å². The molecule has 1 N–H and O–H groups in total. The Balaban J connectivity index is 2.07. The van der Waals surface area contributed by atoms with Crippen molar-refractivity contribution in [1.29, 1.82) is 5.26 Å². The zero-order valence-electron chi connectivity index (χ0n) is 11.9. The minimum Gasteiger partial charge on any atom is -0.394 e. The Bertz CT molecular complexity index is 695. The summed E-state index contributed by atoms with van der Waals surface area (Å²) in [7, 11) is 0. The van der Waals surface area contributed by atoms with Crippen LogP contribution >= 0.6 is 0 Å². The van der Waals surface area contributed by atoms with Crippen molar-refractivity contribution in [3.63, 3.8) is 0 Å². The number of aliphatic hydroxyl groups is 1. The first kappa shape index (κ1) is 13.8. The van der Waals surface area contributed by atoms with Gasteiger partial charge in [-0.05, 0) is 31.2 Å². The average molecular weight is 283 g/mol. The number of pyridine rings is 1. The molecule has 2 atom stereocenters. The summed E-state index contributed by atoms with van der Waals surface area (Å²) in [5, 5.41) is 19.5. The molecule has 2 unspecified atom stereocenters. The quantitative estimate of drug-likeness (QED) is 0.908. The third-order valence-electron chi connectivity index (χ3n) is 3.74. The number of hydrogen-bond acceptors (Lipinski definition) is 5. The third-order valence-corrected chi connectivity index (χ3v) is 3.74. The Morgan fingerprint density at radius 1 is 1.43 bits per heavy atom. The Labute approximate surface area is 123 Å². The van der Waals surface area contributed by atoms with Crippen LogP contribution in [0.5, 0.6) is 0 Å². The van der Waals surface area contributed by atoms with Crippen LogP contribution in [0.4, 0.5) is 5.69 Å². The Kier molecular flexibility index (Phi) is 3.74. The molecule has 0 aliphatic carbocycles. The highest BCUT2D eigenvalue weighted by Crippen LogP contribution is 2.30. The largest absolute Gasteiger partial charge is 0.394 e. The van der Waals surface area contributed by atoms with Crippen molar-refractivity contribution in [2.75, 3.05) is 24.6 Å². The second kappa shape index (κ2) is 5.68. The summed E-state index contributed by atoms with van der Waals surface area (Å²) in [5.41, 5.74) is 2.33. The fourth-order valence-electron chi connectivity index (χ4n) is 2.87. The van der Waals surface area contributed by atoms with Crippen molar-refractivity contribution < 1.29 is 9.84 Å². The van der Waals surface area contributed by atoms with E-state index in [-0.39, 0.29) is 18.8 Å². The highest BCUT2D eigenvalue weighted by molar-refractivity contribution is 5.95. The zero-order valence-corrected chi connectivity index (χ0v) is 11.9. The number of nitrogens with zero attached hydrogens (tertiary/aromatic N) is 3. The minimum atomic E-state index is -0.184. The molecule has 3 rings (SSSR count). The van der Waals surface area contributed by atoms with E-state index in [4.69, 9.17) is 4.74 Å². The van der Waals surface area contributed by atoms with Gasteiger partial charge in [0.1, 0.15) is 6.07 Å². The molecule has 5 nitrogen and oxygen atoms in total. The Morgan fingerprint density at radius 2 is 2.29 bits per heavy atom. The molecule has 2 heterocycles. The summed E-state index contributed by atoms with van der Waals surface area (Å²) in [6.07, 6.45) is 1.57. The highest BCUT2D eigenvalue weighted by Gasteiger charge is 2.26. The highest BCUT2D eigenvalue weighted by atomic mass is 16.5. The van der Waals surface area contributed by atoms with E-state index < -0.39 is 0 Å². The summed E-state index contributed by atoms with van der Waals surface area (Å²) < 4.78 is 5.68. The van der Waals surface area contributed by atoms with Crippen molar-refractivity contribution in [3.8, 4) is 6.07 Å². The van der Waals surface area contributed by atoms with Crippen molar-refractivity contribution in [3.05, 3.63) is 36.0 Å². The molecule has 5 heteroatoms. The van der Waals surface area contributed by atoms with Gasteiger partial charge in [0.25, 0.3) is 0 Å². The van der Waals surface area contributed by atoms with Crippen LogP contribution in [0.1, 0.15) is 12.5 Å². The average Bonchev–Trinajstić information content (AvgIpc) is 2.53. The van der Waals surface area contributed by atoms with Crippen LogP contribution in [-0.2, 0) is 4.74 Å². The summed E-state index contributed by atoms with van der Waals surface area (Å²) in [6, 6.07) is 9.79. The van der Waals surface area contributed by atoms with Gasteiger partial charge in [0.2, 0.25) is 0 Å². The maximum atomic E-state index is 9.36. The van der Waals surface area contributed by atoms with Crippen molar-refractivity contribution in [1.82, 2.24) is 4.98 Å². The number of aliphatic hydroxyl groups excluding tert-OH is 1. The van der Waals surface area contributed by atoms with Crippen LogP contribution in [0.15, 0.2) is 30.5 Å². The molecule has 1 aromatic heterocycles. The molecule has 1 aliphatic rings. The van der Waals surface area contributed by atoms with Crippen molar-refractivity contribution in [2.45, 2.75) is 19.1 Å². The first-order valence-corrected chi connectivity index (χ1v) is 7.02. The van der Waals surface area contributed by atoms with E-state index in [1.807, 2.05) is 25.1 Å². The van der Waals surface area contributed by atoms with E-state index in [0.29, 0.717) is 12.1 Å². The van der Waals surface area contributed by atoms with E-state index in [1.165, 1.54) is 0 Å². The smallest absolute Gasteiger partial charge is 0.101 e. The van der Waals surface area contributed by atoms with Gasteiger partial charge in [0, 0.05) is 30.4 Å². The monoisotopic (exact) mass is 283 g/mol. The summed E-state index contributed by atoms with van der Waals surface area (Å²) in [4.78, 5) is 6.53. The maximum Gasteiger partial charge on any atom is 0.101 e. The van der Waals surface area contributed by atoms with Crippen molar-refractivity contribution in [2.24, 2.45) is 0 Å². The number of aromatic nitrogens is 1. The summed E-state index contributed by atoms with van der Waals surface area (Å²) in [5.74, 6) is 0. The number of fused-ring (bicyclic) bond motifs is 1. The molecular formula is C16H17N3O2. The predicted octanol–water partition coefficient (Wildman–Crippen LogP) is 1.69. The third kappa shape index (κ3) is 2.56. The van der Waals surface area contributed by atoms with Crippen molar-refractivity contribution >= 4 is 16.6 Å². The molecular weight excluding hydrogens is 266 g/mol. The van der Waals surface area contributed by atoms with Gasteiger partial charge in [-0.15, -0.1) is 0 Å². The molecule has 0 bridgehead atoms. The SMILES string of the molecule is CC1CN(c2ccc(C#N)c3ncccc23)CC(CO)O1. The van der Waals surface area contributed by atoms with Crippen LogP contribution in [0.25, 0.3) is 10.9 Å². The van der Waals surface area contributed by atoms with Gasteiger partial charge in [0.15, 0.2) is 0 Å². The van der Waals surface area contributed by atoms with Crippen LogP contribution in [0.3, 0.4) is 0 Å². The zero-order chi connectivity index (χ0) is 14.8. The van der Waals surface area contributed by atoms with Gasteiger partial charge in [0.05, 0.1) is 29.9 Å². The molecule has 1 fully saturated rings. The molecule has 1 aromatic carbocycles. The lowest BCUT2D eigenvalue weighted by Gasteiger charge is -2.38. The number of anilines is 1. The lowest BCUT2D eigenvalue weighted by atomic mass is 10.1. The van der Waals surface area contributed by atoms with Gasteiger partial charge < -0.3 is 14.7 Å². The topological polar surface area (TPSA) is 69.4 Å². The van der Waals surface area contributed by atoms with E-state index in [9.17, 15) is 10.4 Å². The second-order valence-electron chi connectivity index (χ2n) is 5.30. The van der Waals surface area contributed by atoms with Crippen LogP contribution in [0.2, 0.25) is 0 Å². The number of hydrogen-bond donors (Lipinski definition) is 1. The number of morpholine rings is 1. The summed E-state index contributed by atoms with van der Waals surface area (Å²) >= 11 is 0. The molecule has 21 heavy (non-hydrogen) atoms. The first-order chi connectivity index (χ1) is 10.2. The summed E-state index contributed by atoms with van der Waals surface area (Å²) in [6.45, 7) is 3.40. The van der Waals surface area contributed by atoms with E-state index in [1.54, 1.807) is 12.3 Å². The Hall–Kier alpha value is -2.16.